The maximum absolute atomic E-state index is 6.33. The Labute approximate surface area is 88.3 Å². The van der Waals surface area contributed by atoms with E-state index in [9.17, 15) is 0 Å². The predicted octanol–water partition coefficient (Wildman–Crippen LogP) is 1.72. The molecule has 3 nitrogen and oxygen atoms in total. The van der Waals surface area contributed by atoms with Crippen LogP contribution in [0.4, 0.5) is 0 Å². The Bertz CT molecular complexity index is 330. The molecule has 1 aromatic heterocycles. The van der Waals surface area contributed by atoms with Crippen molar-refractivity contribution in [1.82, 2.24) is 4.98 Å². The highest BCUT2D eigenvalue weighted by Crippen LogP contribution is 2.36. The van der Waals surface area contributed by atoms with Crippen molar-refractivity contribution in [2.24, 2.45) is 5.73 Å². The number of aryl methyl sites for hydroxylation is 2. The first-order chi connectivity index (χ1) is 6.54. The summed E-state index contributed by atoms with van der Waals surface area (Å²) in [7, 11) is 0. The van der Waals surface area contributed by atoms with Gasteiger partial charge in [0.25, 0.3) is 0 Å². The van der Waals surface area contributed by atoms with Crippen molar-refractivity contribution >= 4 is 11.3 Å². The highest BCUT2D eigenvalue weighted by atomic mass is 32.1. The van der Waals surface area contributed by atoms with Gasteiger partial charge in [-0.2, -0.15) is 0 Å². The van der Waals surface area contributed by atoms with Crippen LogP contribution in [0.1, 0.15) is 28.9 Å². The minimum Gasteiger partial charge on any atom is -0.376 e. The summed E-state index contributed by atoms with van der Waals surface area (Å²) in [5, 5.41) is 1.03. The van der Waals surface area contributed by atoms with Gasteiger partial charge >= 0.3 is 0 Å². The lowest BCUT2D eigenvalue weighted by Gasteiger charge is -2.24. The van der Waals surface area contributed by atoms with Gasteiger partial charge in [0.2, 0.25) is 0 Å². The number of ether oxygens (including phenoxy) is 1. The van der Waals surface area contributed by atoms with Crippen molar-refractivity contribution in [3.63, 3.8) is 0 Å². The number of thiazole rings is 1. The molecule has 1 fully saturated rings. The molecule has 0 bridgehead atoms. The van der Waals surface area contributed by atoms with Crippen LogP contribution in [0, 0.1) is 13.8 Å². The van der Waals surface area contributed by atoms with E-state index < -0.39 is 0 Å². The maximum atomic E-state index is 6.33. The molecule has 0 radical (unpaired) electrons. The van der Waals surface area contributed by atoms with Gasteiger partial charge in [-0.25, -0.2) is 4.98 Å². The lowest BCUT2D eigenvalue weighted by molar-refractivity contribution is 0.0950. The average Bonchev–Trinajstić information content (AvgIpc) is 2.61. The SMILES string of the molecule is Cc1nc(C2(N)CCOC2C)sc1C. The highest BCUT2D eigenvalue weighted by Gasteiger charge is 2.42. The van der Waals surface area contributed by atoms with Gasteiger partial charge < -0.3 is 10.5 Å². The van der Waals surface area contributed by atoms with Crippen LogP contribution in [-0.4, -0.2) is 17.7 Å². The van der Waals surface area contributed by atoms with Crippen LogP contribution in [0.5, 0.6) is 0 Å². The van der Waals surface area contributed by atoms with E-state index in [-0.39, 0.29) is 11.6 Å². The molecule has 2 atom stereocenters. The monoisotopic (exact) mass is 212 g/mol. The van der Waals surface area contributed by atoms with E-state index in [1.54, 1.807) is 11.3 Å². The molecule has 0 spiro atoms. The Kier molecular flexibility index (Phi) is 2.37. The molecule has 14 heavy (non-hydrogen) atoms. The summed E-state index contributed by atoms with van der Waals surface area (Å²) in [5.74, 6) is 0. The van der Waals surface area contributed by atoms with E-state index in [2.05, 4.69) is 11.9 Å². The Hall–Kier alpha value is -0.450. The Morgan fingerprint density at radius 2 is 2.29 bits per heavy atom. The third kappa shape index (κ3) is 1.38. The van der Waals surface area contributed by atoms with E-state index in [1.807, 2.05) is 13.8 Å². The van der Waals surface area contributed by atoms with Crippen LogP contribution >= 0.6 is 11.3 Å². The molecule has 0 saturated carbocycles. The minimum atomic E-state index is -0.357. The number of nitrogens with zero attached hydrogens (tertiary/aromatic N) is 1. The number of hydrogen-bond acceptors (Lipinski definition) is 4. The summed E-state index contributed by atoms with van der Waals surface area (Å²) < 4.78 is 5.51. The van der Waals surface area contributed by atoms with E-state index >= 15 is 0 Å². The molecule has 1 aliphatic heterocycles. The van der Waals surface area contributed by atoms with Gasteiger partial charge in [0.15, 0.2) is 0 Å². The molecular formula is C10H16N2OS. The molecule has 2 heterocycles. The Morgan fingerprint density at radius 1 is 1.57 bits per heavy atom. The van der Waals surface area contributed by atoms with Crippen LogP contribution in [0.25, 0.3) is 0 Å². The van der Waals surface area contributed by atoms with E-state index in [1.165, 1.54) is 4.88 Å². The fourth-order valence-corrected chi connectivity index (χ4v) is 2.83. The normalized spacial score (nSPS) is 32.4. The third-order valence-corrected chi connectivity index (χ3v) is 4.30. The molecule has 0 aliphatic carbocycles. The molecule has 2 rings (SSSR count). The Morgan fingerprint density at radius 3 is 2.71 bits per heavy atom. The van der Waals surface area contributed by atoms with Gasteiger partial charge in [-0.15, -0.1) is 11.3 Å². The van der Waals surface area contributed by atoms with Crippen molar-refractivity contribution in [2.45, 2.75) is 38.8 Å². The predicted molar refractivity (Wildman–Crippen MR) is 57.5 cm³/mol. The van der Waals surface area contributed by atoms with Crippen LogP contribution in [0.3, 0.4) is 0 Å². The zero-order valence-corrected chi connectivity index (χ0v) is 9.65. The fraction of sp³-hybridized carbons (Fsp3) is 0.700. The second-order valence-electron chi connectivity index (χ2n) is 3.96. The third-order valence-electron chi connectivity index (χ3n) is 3.04. The number of aromatic nitrogens is 1. The smallest absolute Gasteiger partial charge is 0.116 e. The first-order valence-corrected chi connectivity index (χ1v) is 5.70. The quantitative estimate of drug-likeness (QED) is 0.771. The topological polar surface area (TPSA) is 48.1 Å². The zero-order valence-electron chi connectivity index (χ0n) is 8.83. The molecule has 1 aliphatic rings. The van der Waals surface area contributed by atoms with Crippen molar-refractivity contribution in [3.8, 4) is 0 Å². The summed E-state index contributed by atoms with van der Waals surface area (Å²) in [6.45, 7) is 6.88. The molecule has 4 heteroatoms. The molecular weight excluding hydrogens is 196 g/mol. The molecule has 1 saturated heterocycles. The molecule has 78 valence electrons. The van der Waals surface area contributed by atoms with Crippen LogP contribution in [0.15, 0.2) is 0 Å². The van der Waals surface area contributed by atoms with Gasteiger partial charge in [-0.1, -0.05) is 0 Å². The van der Waals surface area contributed by atoms with E-state index in [4.69, 9.17) is 10.5 Å². The summed E-state index contributed by atoms with van der Waals surface area (Å²) >= 11 is 1.70. The van der Waals surface area contributed by atoms with Crippen LogP contribution < -0.4 is 5.73 Å². The highest BCUT2D eigenvalue weighted by molar-refractivity contribution is 7.11. The first-order valence-electron chi connectivity index (χ1n) is 4.89. The lowest BCUT2D eigenvalue weighted by Crippen LogP contribution is -2.42. The number of hydrogen-bond donors (Lipinski definition) is 1. The van der Waals surface area contributed by atoms with E-state index in [0.717, 1.165) is 23.7 Å². The summed E-state index contributed by atoms with van der Waals surface area (Å²) in [6, 6.07) is 0. The van der Waals surface area contributed by atoms with Crippen molar-refractivity contribution in [1.29, 1.82) is 0 Å². The van der Waals surface area contributed by atoms with Crippen LogP contribution in [0.2, 0.25) is 0 Å². The largest absolute Gasteiger partial charge is 0.376 e. The Balaban J connectivity index is 2.38. The standard InChI is InChI=1S/C10H16N2OS/c1-6-7(2)14-9(12-6)10(11)4-5-13-8(10)3/h8H,4-5,11H2,1-3H3. The minimum absolute atomic E-state index is 0.0763. The zero-order chi connectivity index (χ0) is 10.3. The lowest BCUT2D eigenvalue weighted by atomic mass is 9.94. The van der Waals surface area contributed by atoms with Gasteiger partial charge in [0.05, 0.1) is 17.3 Å². The maximum Gasteiger partial charge on any atom is 0.116 e. The van der Waals surface area contributed by atoms with Crippen molar-refractivity contribution < 1.29 is 4.74 Å². The fourth-order valence-electron chi connectivity index (χ4n) is 1.71. The second kappa shape index (κ2) is 3.29. The summed E-state index contributed by atoms with van der Waals surface area (Å²) in [6.07, 6.45) is 0.952. The first kappa shape index (κ1) is 10.1. The number of rotatable bonds is 1. The van der Waals surface area contributed by atoms with Gasteiger partial charge in [-0.3, -0.25) is 0 Å². The van der Waals surface area contributed by atoms with Gasteiger partial charge in [0, 0.05) is 11.5 Å². The summed E-state index contributed by atoms with van der Waals surface area (Å²) in [4.78, 5) is 5.78. The summed E-state index contributed by atoms with van der Waals surface area (Å²) in [5.41, 5.74) is 7.06. The van der Waals surface area contributed by atoms with Crippen molar-refractivity contribution in [2.75, 3.05) is 6.61 Å². The average molecular weight is 212 g/mol. The second-order valence-corrected chi connectivity index (χ2v) is 5.17. The number of nitrogens with two attached hydrogens (primary N) is 1. The van der Waals surface area contributed by atoms with E-state index in [0.29, 0.717) is 0 Å². The molecule has 0 amide bonds. The van der Waals surface area contributed by atoms with Gasteiger partial charge in [-0.05, 0) is 27.2 Å². The van der Waals surface area contributed by atoms with Crippen molar-refractivity contribution in [3.05, 3.63) is 15.6 Å². The van der Waals surface area contributed by atoms with Crippen LogP contribution in [-0.2, 0) is 10.3 Å². The molecule has 2 N–H and O–H groups in total. The molecule has 0 aromatic carbocycles. The van der Waals surface area contributed by atoms with Gasteiger partial charge in [0.1, 0.15) is 5.01 Å². The molecule has 2 unspecified atom stereocenters. The molecule has 1 aromatic rings.